The van der Waals surface area contributed by atoms with E-state index >= 15 is 0 Å². The molecule has 1 aromatic carbocycles. The molecule has 0 N–H and O–H groups in total. The zero-order valence-corrected chi connectivity index (χ0v) is 8.93. The van der Waals surface area contributed by atoms with Gasteiger partial charge in [-0.3, -0.25) is 0 Å². The van der Waals surface area contributed by atoms with Crippen molar-refractivity contribution in [3.63, 3.8) is 0 Å². The normalized spacial score (nSPS) is 10.4. The lowest BCUT2D eigenvalue weighted by Gasteiger charge is -2.07. The molecule has 0 saturated carbocycles. The van der Waals surface area contributed by atoms with E-state index in [0.29, 0.717) is 15.8 Å². The van der Waals surface area contributed by atoms with Gasteiger partial charge >= 0.3 is 5.97 Å². The first-order valence-corrected chi connectivity index (χ1v) is 4.72. The van der Waals surface area contributed by atoms with Gasteiger partial charge in [-0.25, -0.2) is 9.78 Å². The molecule has 16 heavy (non-hydrogen) atoms. The molecule has 5 heteroatoms. The van der Waals surface area contributed by atoms with E-state index in [1.54, 1.807) is 31.2 Å². The molecule has 0 atom stereocenters. The summed E-state index contributed by atoms with van der Waals surface area (Å²) in [6, 6.07) is 6.83. The van der Waals surface area contributed by atoms with Crippen LogP contribution in [0.15, 0.2) is 24.3 Å². The number of benzene rings is 1. The van der Waals surface area contributed by atoms with Crippen LogP contribution in [0.2, 0.25) is 0 Å². The number of nitrogens with zero attached hydrogens (tertiary/aromatic N) is 2. The summed E-state index contributed by atoms with van der Waals surface area (Å²) in [5, 5.41) is 11.8. The number of carbonyl (C=O) groups excluding carboxylic acids is 1. The molecule has 0 fully saturated rings. The zero-order chi connectivity index (χ0) is 11.7. The van der Waals surface area contributed by atoms with Crippen molar-refractivity contribution in [1.29, 1.82) is 0 Å². The molecule has 2 aromatic rings. The molecule has 0 bridgehead atoms. The molecule has 5 nitrogen and oxygen atoms in total. The van der Waals surface area contributed by atoms with Crippen LogP contribution in [-0.2, 0) is 4.74 Å². The van der Waals surface area contributed by atoms with E-state index in [1.807, 2.05) is 0 Å². The van der Waals surface area contributed by atoms with Gasteiger partial charge in [-0.05, 0) is 6.07 Å². The van der Waals surface area contributed by atoms with Crippen molar-refractivity contribution in [3.05, 3.63) is 40.9 Å². The minimum Gasteiger partial charge on any atom is -0.618 e. The topological polar surface area (TPSA) is 66.1 Å². The summed E-state index contributed by atoms with van der Waals surface area (Å²) >= 11 is 0. The average Bonchev–Trinajstić information content (AvgIpc) is 2.33. The molecule has 0 aliphatic heterocycles. The molecule has 0 unspecified atom stereocenters. The first-order valence-electron chi connectivity index (χ1n) is 4.72. The van der Waals surface area contributed by atoms with Crippen LogP contribution in [0.25, 0.3) is 11.0 Å². The van der Waals surface area contributed by atoms with Gasteiger partial charge in [0.1, 0.15) is 5.52 Å². The van der Waals surface area contributed by atoms with E-state index in [-0.39, 0.29) is 11.4 Å². The van der Waals surface area contributed by atoms with E-state index in [4.69, 9.17) is 0 Å². The van der Waals surface area contributed by atoms with Crippen LogP contribution in [0, 0.1) is 12.1 Å². The Balaban J connectivity index is 2.78. The fourth-order valence-electron chi connectivity index (χ4n) is 1.50. The van der Waals surface area contributed by atoms with E-state index in [9.17, 15) is 10.0 Å². The third-order valence-corrected chi connectivity index (χ3v) is 2.36. The smallest absolute Gasteiger partial charge is 0.363 e. The molecular weight excluding hydrogens is 208 g/mol. The summed E-state index contributed by atoms with van der Waals surface area (Å²) in [4.78, 5) is 15.5. The minimum absolute atomic E-state index is 0.0520. The van der Waals surface area contributed by atoms with Crippen molar-refractivity contribution in [1.82, 2.24) is 4.98 Å². The van der Waals surface area contributed by atoms with Gasteiger partial charge in [0.25, 0.3) is 0 Å². The number of methoxy groups -OCH3 is 1. The summed E-state index contributed by atoms with van der Waals surface area (Å²) in [6.45, 7) is 1.54. The highest BCUT2D eigenvalue weighted by molar-refractivity contribution is 5.89. The second kappa shape index (κ2) is 3.77. The fraction of sp³-hybridized carbons (Fsp3) is 0.182. The largest absolute Gasteiger partial charge is 0.618 e. The van der Waals surface area contributed by atoms with Gasteiger partial charge in [-0.1, -0.05) is 12.1 Å². The summed E-state index contributed by atoms with van der Waals surface area (Å²) in [5.74, 6) is -0.604. The number of aromatic nitrogens is 2. The number of fused-ring (bicyclic) bond motifs is 1. The van der Waals surface area contributed by atoms with Crippen LogP contribution in [0.5, 0.6) is 0 Å². The number of hydrogen-bond donors (Lipinski definition) is 0. The van der Waals surface area contributed by atoms with Gasteiger partial charge < -0.3 is 9.94 Å². The number of para-hydroxylation sites is 2. The number of ether oxygens (including phenoxy) is 1. The highest BCUT2D eigenvalue weighted by Crippen LogP contribution is 2.10. The second-order valence-corrected chi connectivity index (χ2v) is 3.32. The molecular formula is C11H10N2O3. The maximum Gasteiger partial charge on any atom is 0.363 e. The van der Waals surface area contributed by atoms with Crippen LogP contribution in [0.3, 0.4) is 0 Å². The highest BCUT2D eigenvalue weighted by atomic mass is 16.5. The third-order valence-electron chi connectivity index (χ3n) is 2.36. The summed E-state index contributed by atoms with van der Waals surface area (Å²) in [7, 11) is 1.26. The average molecular weight is 218 g/mol. The Labute approximate surface area is 91.9 Å². The molecule has 1 aromatic heterocycles. The third kappa shape index (κ3) is 1.46. The lowest BCUT2D eigenvalue weighted by atomic mass is 10.2. The van der Waals surface area contributed by atoms with Crippen molar-refractivity contribution in [2.45, 2.75) is 6.92 Å². The molecule has 1 heterocycles. The molecule has 0 saturated heterocycles. The first-order chi connectivity index (χ1) is 7.65. The van der Waals surface area contributed by atoms with Crippen molar-refractivity contribution < 1.29 is 14.3 Å². The maximum atomic E-state index is 11.8. The summed E-state index contributed by atoms with van der Waals surface area (Å²) in [6.07, 6.45) is 0. The molecule has 0 aliphatic carbocycles. The van der Waals surface area contributed by atoms with Crippen LogP contribution in [0.1, 0.15) is 16.2 Å². The molecule has 0 amide bonds. The fourth-order valence-corrected chi connectivity index (χ4v) is 1.50. The van der Waals surface area contributed by atoms with Crippen molar-refractivity contribution >= 4 is 17.0 Å². The Kier molecular flexibility index (Phi) is 2.44. The van der Waals surface area contributed by atoms with Crippen LogP contribution >= 0.6 is 0 Å². The Hall–Kier alpha value is -2.17. The quantitative estimate of drug-likeness (QED) is 0.406. The van der Waals surface area contributed by atoms with Gasteiger partial charge in [0, 0.05) is 13.0 Å². The molecule has 0 aliphatic rings. The molecule has 0 spiro atoms. The van der Waals surface area contributed by atoms with Crippen LogP contribution < -0.4 is 4.73 Å². The van der Waals surface area contributed by atoms with Crippen molar-refractivity contribution in [2.24, 2.45) is 0 Å². The predicted molar refractivity (Wildman–Crippen MR) is 56.8 cm³/mol. The standard InChI is InChI=1S/C11H10N2O3/c1-7-10(11(14)16-2)12-8-5-3-4-6-9(8)13(7)15/h3-6H,1-2H3. The summed E-state index contributed by atoms with van der Waals surface area (Å²) < 4.78 is 5.26. The van der Waals surface area contributed by atoms with E-state index in [2.05, 4.69) is 9.72 Å². The van der Waals surface area contributed by atoms with Gasteiger partial charge in [0.2, 0.25) is 16.9 Å². The van der Waals surface area contributed by atoms with Gasteiger partial charge in [0.15, 0.2) is 0 Å². The number of esters is 1. The second-order valence-electron chi connectivity index (χ2n) is 3.32. The van der Waals surface area contributed by atoms with Gasteiger partial charge in [-0.2, -0.15) is 4.73 Å². The van der Waals surface area contributed by atoms with Crippen molar-refractivity contribution in [2.75, 3.05) is 7.11 Å². The molecule has 2 rings (SSSR count). The monoisotopic (exact) mass is 218 g/mol. The summed E-state index contributed by atoms with van der Waals surface area (Å²) in [5.41, 5.74) is 1.21. The SMILES string of the molecule is COC(=O)c1nc2ccccc2[n+]([O-])c1C. The molecule has 0 radical (unpaired) electrons. The zero-order valence-electron chi connectivity index (χ0n) is 8.93. The Morgan fingerprint density at radius 2 is 2.12 bits per heavy atom. The lowest BCUT2D eigenvalue weighted by Crippen LogP contribution is -2.34. The Bertz CT molecular complexity index is 566. The van der Waals surface area contributed by atoms with E-state index in [0.717, 1.165) is 0 Å². The molecule has 82 valence electrons. The van der Waals surface area contributed by atoms with Crippen molar-refractivity contribution in [3.8, 4) is 0 Å². The Morgan fingerprint density at radius 1 is 1.44 bits per heavy atom. The van der Waals surface area contributed by atoms with Crippen LogP contribution in [0.4, 0.5) is 0 Å². The van der Waals surface area contributed by atoms with Gasteiger partial charge in [-0.15, -0.1) is 0 Å². The van der Waals surface area contributed by atoms with E-state index in [1.165, 1.54) is 7.11 Å². The van der Waals surface area contributed by atoms with E-state index < -0.39 is 5.97 Å². The Morgan fingerprint density at radius 3 is 2.81 bits per heavy atom. The number of rotatable bonds is 1. The maximum absolute atomic E-state index is 11.8. The van der Waals surface area contributed by atoms with Gasteiger partial charge in [0.05, 0.1) is 7.11 Å². The lowest BCUT2D eigenvalue weighted by molar-refractivity contribution is -0.584. The predicted octanol–water partition coefficient (Wildman–Crippen LogP) is 0.963. The van der Waals surface area contributed by atoms with Crippen LogP contribution in [-0.4, -0.2) is 18.1 Å². The number of carbonyl (C=O) groups is 1. The first kappa shape index (κ1) is 10.4. The number of hydrogen-bond acceptors (Lipinski definition) is 4. The minimum atomic E-state index is -0.604. The highest BCUT2D eigenvalue weighted by Gasteiger charge is 2.20.